The van der Waals surface area contributed by atoms with Gasteiger partial charge in [0.05, 0.1) is 22.2 Å². The fraction of sp³-hybridized carbons (Fsp3) is 0.0667. The number of furan rings is 1. The van der Waals surface area contributed by atoms with Crippen LogP contribution >= 0.6 is 34.8 Å². The molecule has 0 fully saturated rings. The quantitative estimate of drug-likeness (QED) is 0.323. The van der Waals surface area contributed by atoms with E-state index in [1.807, 2.05) is 0 Å². The van der Waals surface area contributed by atoms with Gasteiger partial charge in [0.1, 0.15) is 17.4 Å². The molecule has 1 heterocycles. The van der Waals surface area contributed by atoms with Crippen LogP contribution in [-0.4, -0.2) is 13.1 Å². The number of carbonyl (C=O) groups excluding carboxylic acids is 1. The van der Waals surface area contributed by atoms with Crippen molar-refractivity contribution in [3.63, 3.8) is 0 Å². The number of nitrogens with zero attached hydrogens (tertiary/aromatic N) is 1. The monoisotopic (exact) mass is 371 g/mol. The van der Waals surface area contributed by atoms with Gasteiger partial charge >= 0.3 is 5.97 Å². The van der Waals surface area contributed by atoms with E-state index in [4.69, 9.17) is 49.2 Å². The molecule has 0 atom stereocenters. The zero-order valence-corrected chi connectivity index (χ0v) is 13.9. The number of carbonyl (C=O) groups is 1. The van der Waals surface area contributed by atoms with Crippen LogP contribution in [0.15, 0.2) is 34.3 Å². The lowest BCUT2D eigenvalue weighted by atomic mass is 10.2. The molecule has 23 heavy (non-hydrogen) atoms. The summed E-state index contributed by atoms with van der Waals surface area (Å²) >= 11 is 17.7. The highest BCUT2D eigenvalue weighted by Crippen LogP contribution is 2.36. The van der Waals surface area contributed by atoms with Gasteiger partial charge in [-0.1, -0.05) is 34.8 Å². The van der Waals surface area contributed by atoms with Gasteiger partial charge in [0, 0.05) is 18.2 Å². The van der Waals surface area contributed by atoms with Crippen LogP contribution in [0.5, 0.6) is 11.7 Å². The molecular formula is C15H8Cl3NO4. The third kappa shape index (κ3) is 4.20. The van der Waals surface area contributed by atoms with E-state index in [9.17, 15) is 4.79 Å². The van der Waals surface area contributed by atoms with Crippen molar-refractivity contribution in [2.24, 2.45) is 0 Å². The summed E-state index contributed by atoms with van der Waals surface area (Å²) < 4.78 is 15.3. The first-order valence-corrected chi connectivity index (χ1v) is 7.20. The number of hydrogen-bond donors (Lipinski definition) is 0. The summed E-state index contributed by atoms with van der Waals surface area (Å²) in [5.41, 5.74) is -0.207. The standard InChI is InChI=1S/C15H8Cl3NO4/c1-21-15(20)8(7-19)4-9-2-3-14(22-9)23-13-6-11(17)10(16)5-12(13)18/h2-6H,1H3/b8-4+. The smallest absolute Gasteiger partial charge is 0.348 e. The Morgan fingerprint density at radius 1 is 1.22 bits per heavy atom. The van der Waals surface area contributed by atoms with Gasteiger partial charge in [0.2, 0.25) is 0 Å². The van der Waals surface area contributed by atoms with Crippen LogP contribution in [0.4, 0.5) is 0 Å². The first-order chi connectivity index (χ1) is 10.9. The Morgan fingerprint density at radius 3 is 2.57 bits per heavy atom. The highest BCUT2D eigenvalue weighted by Gasteiger charge is 2.13. The summed E-state index contributed by atoms with van der Waals surface area (Å²) in [6.45, 7) is 0. The molecule has 0 unspecified atom stereocenters. The van der Waals surface area contributed by atoms with Crippen LogP contribution in [0.1, 0.15) is 5.76 Å². The highest BCUT2D eigenvalue weighted by molar-refractivity contribution is 6.43. The molecule has 0 aliphatic heterocycles. The largest absolute Gasteiger partial charge is 0.465 e. The molecule has 5 nitrogen and oxygen atoms in total. The molecule has 8 heteroatoms. The van der Waals surface area contributed by atoms with E-state index in [1.54, 1.807) is 6.07 Å². The Hall–Kier alpha value is -2.13. The number of benzene rings is 1. The third-order valence-corrected chi connectivity index (χ3v) is 3.62. The molecule has 0 aliphatic rings. The Morgan fingerprint density at radius 2 is 1.91 bits per heavy atom. The van der Waals surface area contributed by atoms with Gasteiger partial charge < -0.3 is 13.9 Å². The molecule has 1 aromatic heterocycles. The van der Waals surface area contributed by atoms with E-state index >= 15 is 0 Å². The molecule has 118 valence electrons. The van der Waals surface area contributed by atoms with Crippen LogP contribution in [-0.2, 0) is 9.53 Å². The first kappa shape index (κ1) is 17.2. The average molecular weight is 373 g/mol. The fourth-order valence-corrected chi connectivity index (χ4v) is 2.12. The minimum Gasteiger partial charge on any atom is -0.465 e. The molecule has 0 spiro atoms. The lowest BCUT2D eigenvalue weighted by Gasteiger charge is -2.06. The minimum atomic E-state index is -0.765. The van der Waals surface area contributed by atoms with Gasteiger partial charge in [-0.25, -0.2) is 4.79 Å². The van der Waals surface area contributed by atoms with Crippen LogP contribution in [0.25, 0.3) is 6.08 Å². The topological polar surface area (TPSA) is 72.5 Å². The van der Waals surface area contributed by atoms with Gasteiger partial charge in [-0.15, -0.1) is 0 Å². The zero-order chi connectivity index (χ0) is 17.0. The second kappa shape index (κ2) is 7.42. The minimum absolute atomic E-state index is 0.0960. The van der Waals surface area contributed by atoms with Crippen molar-refractivity contribution in [1.29, 1.82) is 5.26 Å². The van der Waals surface area contributed by atoms with E-state index in [2.05, 4.69) is 4.74 Å². The maximum Gasteiger partial charge on any atom is 0.348 e. The summed E-state index contributed by atoms with van der Waals surface area (Å²) in [7, 11) is 1.18. The van der Waals surface area contributed by atoms with Crippen LogP contribution in [0.2, 0.25) is 15.1 Å². The van der Waals surface area contributed by atoms with E-state index < -0.39 is 5.97 Å². The number of nitriles is 1. The number of ether oxygens (including phenoxy) is 2. The molecule has 2 aromatic rings. The Labute approximate surface area is 146 Å². The molecule has 0 radical (unpaired) electrons. The van der Waals surface area contributed by atoms with Gasteiger partial charge in [0.25, 0.3) is 5.95 Å². The Balaban J connectivity index is 2.24. The Bertz CT molecular complexity index is 821. The van der Waals surface area contributed by atoms with Crippen molar-refractivity contribution >= 4 is 46.8 Å². The van der Waals surface area contributed by atoms with Gasteiger partial charge in [-0.2, -0.15) is 5.26 Å². The van der Waals surface area contributed by atoms with E-state index in [-0.39, 0.29) is 33.1 Å². The maximum atomic E-state index is 11.3. The van der Waals surface area contributed by atoms with Crippen molar-refractivity contribution in [3.05, 3.63) is 50.7 Å². The lowest BCUT2D eigenvalue weighted by molar-refractivity contribution is -0.135. The van der Waals surface area contributed by atoms with Crippen molar-refractivity contribution in [1.82, 2.24) is 0 Å². The molecule has 1 aromatic carbocycles. The van der Waals surface area contributed by atoms with Crippen molar-refractivity contribution in [2.45, 2.75) is 0 Å². The van der Waals surface area contributed by atoms with Crippen LogP contribution in [0.3, 0.4) is 0 Å². The SMILES string of the molecule is COC(=O)/C(C#N)=C/c1ccc(Oc2cc(Cl)c(Cl)cc2Cl)o1. The van der Waals surface area contributed by atoms with E-state index in [1.165, 1.54) is 37.5 Å². The second-order valence-corrected chi connectivity index (χ2v) is 5.34. The summed E-state index contributed by atoms with van der Waals surface area (Å²) in [5.74, 6) is -0.185. The molecule has 0 N–H and O–H groups in total. The number of methoxy groups -OCH3 is 1. The highest BCUT2D eigenvalue weighted by atomic mass is 35.5. The predicted molar refractivity (Wildman–Crippen MR) is 85.9 cm³/mol. The maximum absolute atomic E-state index is 11.3. The summed E-state index contributed by atoms with van der Waals surface area (Å²) in [5, 5.41) is 9.71. The summed E-state index contributed by atoms with van der Waals surface area (Å²) in [6, 6.07) is 7.61. The van der Waals surface area contributed by atoms with Crippen molar-refractivity contribution in [3.8, 4) is 17.8 Å². The van der Waals surface area contributed by atoms with Gasteiger partial charge in [0.15, 0.2) is 5.75 Å². The summed E-state index contributed by atoms with van der Waals surface area (Å²) in [4.78, 5) is 11.3. The van der Waals surface area contributed by atoms with Gasteiger partial charge in [-0.05, 0) is 12.1 Å². The molecule has 0 saturated heterocycles. The third-order valence-electron chi connectivity index (χ3n) is 2.60. The van der Waals surface area contributed by atoms with Crippen LogP contribution < -0.4 is 4.74 Å². The van der Waals surface area contributed by atoms with Gasteiger partial charge in [-0.3, -0.25) is 0 Å². The normalized spacial score (nSPS) is 11.0. The fourth-order valence-electron chi connectivity index (χ4n) is 1.55. The second-order valence-electron chi connectivity index (χ2n) is 4.12. The molecule has 2 rings (SSSR count). The predicted octanol–water partition coefficient (Wildman–Crippen LogP) is 5.11. The molecule has 0 saturated carbocycles. The number of rotatable bonds is 4. The van der Waals surface area contributed by atoms with Crippen LogP contribution in [0, 0.1) is 11.3 Å². The first-order valence-electron chi connectivity index (χ1n) is 6.07. The van der Waals surface area contributed by atoms with E-state index in [0.717, 1.165) is 0 Å². The van der Waals surface area contributed by atoms with E-state index in [0.29, 0.717) is 5.02 Å². The molecule has 0 amide bonds. The number of hydrogen-bond acceptors (Lipinski definition) is 5. The molecular weight excluding hydrogens is 365 g/mol. The van der Waals surface area contributed by atoms with Crippen molar-refractivity contribution in [2.75, 3.05) is 7.11 Å². The number of halogens is 3. The zero-order valence-electron chi connectivity index (χ0n) is 11.6. The Kier molecular flexibility index (Phi) is 5.56. The average Bonchev–Trinajstić information content (AvgIpc) is 2.96. The number of esters is 1. The summed E-state index contributed by atoms with van der Waals surface area (Å²) in [6.07, 6.45) is 1.23. The van der Waals surface area contributed by atoms with Crippen molar-refractivity contribution < 1.29 is 18.7 Å². The molecule has 0 aliphatic carbocycles. The lowest BCUT2D eigenvalue weighted by Crippen LogP contribution is -2.02. The molecule has 0 bridgehead atoms.